The van der Waals surface area contributed by atoms with E-state index in [4.69, 9.17) is 0 Å². The van der Waals surface area contributed by atoms with Gasteiger partial charge < -0.3 is 15.5 Å². The molecule has 1 heterocycles. The molecule has 2 N–H and O–H groups in total. The molecular weight excluding hydrogens is 439 g/mol. The van der Waals surface area contributed by atoms with E-state index in [1.165, 1.54) is 24.8 Å². The van der Waals surface area contributed by atoms with Crippen molar-refractivity contribution in [3.63, 3.8) is 0 Å². The number of aliphatic imine (C=N–C) groups is 1. The van der Waals surface area contributed by atoms with Gasteiger partial charge in [0.2, 0.25) is 5.91 Å². The van der Waals surface area contributed by atoms with Crippen LogP contribution in [0.15, 0.2) is 35.3 Å². The van der Waals surface area contributed by atoms with Gasteiger partial charge in [-0.1, -0.05) is 30.3 Å². The van der Waals surface area contributed by atoms with Gasteiger partial charge in [-0.15, -0.1) is 24.0 Å². The van der Waals surface area contributed by atoms with Gasteiger partial charge in [0, 0.05) is 39.1 Å². The third kappa shape index (κ3) is 6.45. The molecule has 2 aliphatic rings. The van der Waals surface area contributed by atoms with Crippen LogP contribution in [0.3, 0.4) is 0 Å². The second kappa shape index (κ2) is 10.7. The lowest BCUT2D eigenvalue weighted by Gasteiger charge is -2.34. The molecule has 3 rings (SSSR count). The molecule has 0 unspecified atom stereocenters. The first-order chi connectivity index (χ1) is 12.3. The molecule has 1 saturated heterocycles. The molecule has 0 radical (unpaired) electrons. The Morgan fingerprint density at radius 3 is 2.35 bits per heavy atom. The van der Waals surface area contributed by atoms with Crippen molar-refractivity contribution in [1.29, 1.82) is 0 Å². The third-order valence-electron chi connectivity index (χ3n) is 5.15. The maximum atomic E-state index is 11.6. The number of piperidine rings is 1. The molecule has 2 fully saturated rings. The molecule has 6 heteroatoms. The number of carbonyl (C=O) groups excluding carboxylic acids is 1. The summed E-state index contributed by atoms with van der Waals surface area (Å²) in [6, 6.07) is 10.8. The predicted octanol–water partition coefficient (Wildman–Crippen LogP) is 2.66. The Kier molecular flexibility index (Phi) is 8.68. The molecule has 1 amide bonds. The molecule has 0 bridgehead atoms. The highest BCUT2D eigenvalue weighted by Crippen LogP contribution is 2.28. The first kappa shape index (κ1) is 21.0. The molecule has 144 valence electrons. The van der Waals surface area contributed by atoms with Gasteiger partial charge in [0.25, 0.3) is 0 Å². The third-order valence-corrected chi connectivity index (χ3v) is 5.15. The molecule has 5 nitrogen and oxygen atoms in total. The summed E-state index contributed by atoms with van der Waals surface area (Å²) in [5.41, 5.74) is 1.44. The number of halogens is 1. The Hall–Kier alpha value is -1.31. The van der Waals surface area contributed by atoms with Gasteiger partial charge in [-0.3, -0.25) is 9.79 Å². The van der Waals surface area contributed by atoms with Crippen molar-refractivity contribution >= 4 is 35.8 Å². The number of amides is 1. The molecule has 26 heavy (non-hydrogen) atoms. The average molecular weight is 470 g/mol. The second-order valence-electron chi connectivity index (χ2n) is 7.16. The van der Waals surface area contributed by atoms with Gasteiger partial charge in [-0.25, -0.2) is 0 Å². The van der Waals surface area contributed by atoms with Crippen LogP contribution in [-0.4, -0.2) is 50.0 Å². The zero-order valence-corrected chi connectivity index (χ0v) is 17.9. The predicted molar refractivity (Wildman–Crippen MR) is 117 cm³/mol. The quantitative estimate of drug-likeness (QED) is 0.291. The fourth-order valence-electron chi connectivity index (χ4n) is 3.48. The molecular formula is C20H31IN4O. The van der Waals surface area contributed by atoms with Crippen LogP contribution in [0.4, 0.5) is 0 Å². The maximum Gasteiger partial charge on any atom is 0.223 e. The zero-order chi connectivity index (χ0) is 17.5. The van der Waals surface area contributed by atoms with Gasteiger partial charge in [0.1, 0.15) is 0 Å². The Bertz CT molecular complexity index is 581. The minimum absolute atomic E-state index is 0. The van der Waals surface area contributed by atoms with Gasteiger partial charge >= 0.3 is 0 Å². The van der Waals surface area contributed by atoms with Crippen molar-refractivity contribution in [2.75, 3.05) is 33.2 Å². The van der Waals surface area contributed by atoms with Crippen molar-refractivity contribution in [2.24, 2.45) is 16.8 Å². The van der Waals surface area contributed by atoms with Crippen LogP contribution in [0.2, 0.25) is 0 Å². The van der Waals surface area contributed by atoms with Gasteiger partial charge in [0.05, 0.1) is 0 Å². The van der Waals surface area contributed by atoms with Crippen LogP contribution < -0.4 is 10.6 Å². The normalized spacial score (nSPS) is 18.2. The Balaban J connectivity index is 0.00000243. The SMILES string of the molecule is CN=C(NCCNC(=O)C1CC1)N1CCC(Cc2ccccc2)CC1.I. The number of hydrogen-bond acceptors (Lipinski definition) is 2. The summed E-state index contributed by atoms with van der Waals surface area (Å²) in [6.07, 6.45) is 5.69. The smallest absolute Gasteiger partial charge is 0.223 e. The van der Waals surface area contributed by atoms with E-state index in [2.05, 4.69) is 50.9 Å². The van der Waals surface area contributed by atoms with E-state index in [9.17, 15) is 4.79 Å². The van der Waals surface area contributed by atoms with E-state index in [0.717, 1.165) is 44.4 Å². The van der Waals surface area contributed by atoms with Crippen LogP contribution in [0.25, 0.3) is 0 Å². The fraction of sp³-hybridized carbons (Fsp3) is 0.600. The van der Waals surface area contributed by atoms with Crippen molar-refractivity contribution in [1.82, 2.24) is 15.5 Å². The number of benzene rings is 1. The summed E-state index contributed by atoms with van der Waals surface area (Å²) >= 11 is 0. The highest BCUT2D eigenvalue weighted by Gasteiger charge is 2.29. The summed E-state index contributed by atoms with van der Waals surface area (Å²) in [5, 5.41) is 6.37. The summed E-state index contributed by atoms with van der Waals surface area (Å²) in [6.45, 7) is 3.49. The van der Waals surface area contributed by atoms with E-state index in [-0.39, 0.29) is 35.8 Å². The Labute approximate surface area is 174 Å². The van der Waals surface area contributed by atoms with E-state index in [1.807, 2.05) is 7.05 Å². The standard InChI is InChI=1S/C20H30N4O.HI/c1-21-20(23-12-11-22-19(25)18-7-8-18)24-13-9-17(10-14-24)15-16-5-3-2-4-6-16;/h2-6,17-18H,7-15H2,1H3,(H,21,23)(H,22,25);1H. The van der Waals surface area contributed by atoms with Crippen LogP contribution >= 0.6 is 24.0 Å². The maximum absolute atomic E-state index is 11.6. The Morgan fingerprint density at radius 1 is 1.08 bits per heavy atom. The number of nitrogens with one attached hydrogen (secondary N) is 2. The van der Waals surface area contributed by atoms with Gasteiger partial charge in [-0.05, 0) is 43.6 Å². The molecule has 1 saturated carbocycles. The fourth-order valence-corrected chi connectivity index (χ4v) is 3.48. The number of guanidine groups is 1. The second-order valence-corrected chi connectivity index (χ2v) is 7.16. The van der Waals surface area contributed by atoms with Crippen molar-refractivity contribution in [3.05, 3.63) is 35.9 Å². The van der Waals surface area contributed by atoms with Crippen LogP contribution in [0, 0.1) is 11.8 Å². The van der Waals surface area contributed by atoms with E-state index in [1.54, 1.807) is 0 Å². The molecule has 0 aromatic heterocycles. The largest absolute Gasteiger partial charge is 0.354 e. The van der Waals surface area contributed by atoms with Crippen LogP contribution in [0.5, 0.6) is 0 Å². The monoisotopic (exact) mass is 470 g/mol. The molecule has 0 atom stereocenters. The summed E-state index contributed by atoms with van der Waals surface area (Å²) in [4.78, 5) is 18.4. The Morgan fingerprint density at radius 2 is 1.73 bits per heavy atom. The summed E-state index contributed by atoms with van der Waals surface area (Å²) in [5.74, 6) is 2.20. The van der Waals surface area contributed by atoms with Crippen molar-refractivity contribution < 1.29 is 4.79 Å². The lowest BCUT2D eigenvalue weighted by molar-refractivity contribution is -0.122. The summed E-state index contributed by atoms with van der Waals surface area (Å²) in [7, 11) is 1.83. The molecule has 1 aromatic carbocycles. The lowest BCUT2D eigenvalue weighted by atomic mass is 9.90. The first-order valence-electron chi connectivity index (χ1n) is 9.53. The van der Waals surface area contributed by atoms with Crippen molar-refractivity contribution in [2.45, 2.75) is 32.1 Å². The number of hydrogen-bond donors (Lipinski definition) is 2. The van der Waals surface area contributed by atoms with Gasteiger partial charge in [0.15, 0.2) is 5.96 Å². The van der Waals surface area contributed by atoms with Crippen molar-refractivity contribution in [3.8, 4) is 0 Å². The lowest BCUT2D eigenvalue weighted by Crippen LogP contribution is -2.47. The van der Waals surface area contributed by atoms with Crippen LogP contribution in [0.1, 0.15) is 31.2 Å². The number of likely N-dealkylation sites (tertiary alicyclic amines) is 1. The van der Waals surface area contributed by atoms with E-state index >= 15 is 0 Å². The molecule has 1 aromatic rings. The highest BCUT2D eigenvalue weighted by atomic mass is 127. The molecule has 1 aliphatic heterocycles. The molecule has 1 aliphatic carbocycles. The van der Waals surface area contributed by atoms with E-state index < -0.39 is 0 Å². The van der Waals surface area contributed by atoms with Crippen LogP contribution in [-0.2, 0) is 11.2 Å². The van der Waals surface area contributed by atoms with Gasteiger partial charge in [-0.2, -0.15) is 0 Å². The zero-order valence-electron chi connectivity index (χ0n) is 15.6. The molecule has 0 spiro atoms. The average Bonchev–Trinajstić information content (AvgIpc) is 3.49. The van der Waals surface area contributed by atoms with E-state index in [0.29, 0.717) is 6.54 Å². The minimum Gasteiger partial charge on any atom is -0.354 e. The topological polar surface area (TPSA) is 56.7 Å². The first-order valence-corrected chi connectivity index (χ1v) is 9.53. The number of nitrogens with zero attached hydrogens (tertiary/aromatic N) is 2. The summed E-state index contributed by atoms with van der Waals surface area (Å²) < 4.78 is 0. The highest BCUT2D eigenvalue weighted by molar-refractivity contribution is 14.0. The number of rotatable bonds is 6. The minimum atomic E-state index is 0. The number of carbonyl (C=O) groups is 1.